The van der Waals surface area contributed by atoms with Crippen LogP contribution in [0.15, 0.2) is 42.6 Å². The predicted molar refractivity (Wildman–Crippen MR) is 83.5 cm³/mol. The molecule has 0 N–H and O–H groups in total. The van der Waals surface area contributed by atoms with Crippen LogP contribution in [0.3, 0.4) is 0 Å². The van der Waals surface area contributed by atoms with E-state index in [9.17, 15) is 9.18 Å². The fourth-order valence-electron chi connectivity index (χ4n) is 2.02. The minimum Gasteiger partial charge on any atom is -0.373 e. The Kier molecular flexibility index (Phi) is 6.22. The van der Waals surface area contributed by atoms with E-state index in [-0.39, 0.29) is 18.2 Å². The quantitative estimate of drug-likeness (QED) is 0.550. The molecule has 0 unspecified atom stereocenters. The van der Waals surface area contributed by atoms with E-state index in [1.165, 1.54) is 12.1 Å². The number of Topliss-reactive ketones (excluding diaryl/α,β-unsaturated/α-hetero) is 1. The third-order valence-electron chi connectivity index (χ3n) is 3.31. The molecular formula is C18H20FNO2. The number of ketones is 1. The predicted octanol–water partition coefficient (Wildman–Crippen LogP) is 3.81. The number of carbonyl (C=O) groups is 1. The Balaban J connectivity index is 1.89. The molecule has 0 amide bonds. The molecule has 22 heavy (non-hydrogen) atoms. The molecule has 0 aliphatic carbocycles. The molecule has 116 valence electrons. The fraction of sp³-hybridized carbons (Fsp3) is 0.333. The first kappa shape index (κ1) is 16.3. The average molecular weight is 301 g/mol. The minimum absolute atomic E-state index is 0.0737. The smallest absolute Gasteiger partial charge is 0.206 e. The molecule has 1 aromatic carbocycles. The van der Waals surface area contributed by atoms with Crippen LogP contribution >= 0.6 is 0 Å². The maximum atomic E-state index is 12.9. The maximum absolute atomic E-state index is 12.9. The van der Waals surface area contributed by atoms with Gasteiger partial charge in [0.1, 0.15) is 18.1 Å². The standard InChI is InChI=1S/C18H20FNO2/c1-2-3-10-22-13-18(21)17-9-6-15(12-20-17)11-14-4-7-16(19)8-5-14/h4-9,12H,2-3,10-11,13H2,1H3. The molecular weight excluding hydrogens is 281 g/mol. The van der Waals surface area contributed by atoms with Crippen LogP contribution in [0.25, 0.3) is 0 Å². The summed E-state index contributed by atoms with van der Waals surface area (Å²) >= 11 is 0. The van der Waals surface area contributed by atoms with E-state index in [0.29, 0.717) is 18.7 Å². The molecule has 4 heteroatoms. The Morgan fingerprint density at radius 3 is 2.50 bits per heavy atom. The lowest BCUT2D eigenvalue weighted by molar-refractivity contribution is 0.0750. The van der Waals surface area contributed by atoms with Crippen molar-refractivity contribution < 1.29 is 13.9 Å². The normalized spacial score (nSPS) is 10.6. The number of ether oxygens (including phenoxy) is 1. The lowest BCUT2D eigenvalue weighted by Crippen LogP contribution is -2.11. The van der Waals surface area contributed by atoms with Crippen molar-refractivity contribution in [3.05, 3.63) is 65.2 Å². The van der Waals surface area contributed by atoms with Crippen LogP contribution in [0.5, 0.6) is 0 Å². The number of rotatable bonds is 8. The van der Waals surface area contributed by atoms with Crippen molar-refractivity contribution in [2.45, 2.75) is 26.2 Å². The van der Waals surface area contributed by atoms with Crippen molar-refractivity contribution in [3.63, 3.8) is 0 Å². The summed E-state index contributed by atoms with van der Waals surface area (Å²) in [6.07, 6.45) is 4.35. The number of aromatic nitrogens is 1. The van der Waals surface area contributed by atoms with Gasteiger partial charge >= 0.3 is 0 Å². The SMILES string of the molecule is CCCCOCC(=O)c1ccc(Cc2ccc(F)cc2)cn1. The Morgan fingerprint density at radius 2 is 1.86 bits per heavy atom. The Hall–Kier alpha value is -2.07. The highest BCUT2D eigenvalue weighted by Crippen LogP contribution is 2.10. The first-order chi connectivity index (χ1) is 10.7. The number of benzene rings is 1. The molecule has 2 aromatic rings. The topological polar surface area (TPSA) is 39.2 Å². The number of carbonyl (C=O) groups excluding carboxylic acids is 1. The Labute approximate surface area is 130 Å². The highest BCUT2D eigenvalue weighted by Gasteiger charge is 2.07. The first-order valence-corrected chi connectivity index (χ1v) is 7.49. The zero-order valence-electron chi connectivity index (χ0n) is 12.7. The van der Waals surface area contributed by atoms with E-state index in [2.05, 4.69) is 11.9 Å². The highest BCUT2D eigenvalue weighted by atomic mass is 19.1. The van der Waals surface area contributed by atoms with Crippen molar-refractivity contribution in [1.29, 1.82) is 0 Å². The number of hydrogen-bond acceptors (Lipinski definition) is 3. The van der Waals surface area contributed by atoms with Gasteiger partial charge < -0.3 is 4.74 Å². The molecule has 0 bridgehead atoms. The Bertz CT molecular complexity index is 593. The summed E-state index contributed by atoms with van der Waals surface area (Å²) in [4.78, 5) is 16.1. The summed E-state index contributed by atoms with van der Waals surface area (Å²) in [5.74, 6) is -0.352. The zero-order chi connectivity index (χ0) is 15.8. The monoisotopic (exact) mass is 301 g/mol. The van der Waals surface area contributed by atoms with E-state index >= 15 is 0 Å². The number of unbranched alkanes of at least 4 members (excludes halogenated alkanes) is 1. The Morgan fingerprint density at radius 1 is 1.14 bits per heavy atom. The number of nitrogens with zero attached hydrogens (tertiary/aromatic N) is 1. The van der Waals surface area contributed by atoms with Crippen LogP contribution in [0.4, 0.5) is 4.39 Å². The van der Waals surface area contributed by atoms with Crippen molar-refractivity contribution in [2.75, 3.05) is 13.2 Å². The van der Waals surface area contributed by atoms with E-state index in [0.717, 1.165) is 24.0 Å². The molecule has 0 atom stereocenters. The van der Waals surface area contributed by atoms with Gasteiger partial charge in [0.25, 0.3) is 0 Å². The summed E-state index contributed by atoms with van der Waals surface area (Å²) in [6, 6.07) is 9.95. The van der Waals surface area contributed by atoms with E-state index in [1.807, 2.05) is 6.07 Å². The van der Waals surface area contributed by atoms with E-state index < -0.39 is 0 Å². The van der Waals surface area contributed by atoms with Gasteiger partial charge in [0.05, 0.1) is 0 Å². The average Bonchev–Trinajstić information content (AvgIpc) is 2.54. The van der Waals surface area contributed by atoms with Gasteiger partial charge in [-0.3, -0.25) is 9.78 Å². The summed E-state index contributed by atoms with van der Waals surface area (Å²) in [5, 5.41) is 0. The van der Waals surface area contributed by atoms with E-state index in [4.69, 9.17) is 4.74 Å². The summed E-state index contributed by atoms with van der Waals surface area (Å²) in [7, 11) is 0. The molecule has 0 spiro atoms. The summed E-state index contributed by atoms with van der Waals surface area (Å²) in [6.45, 7) is 2.75. The largest absolute Gasteiger partial charge is 0.373 e. The molecule has 3 nitrogen and oxygen atoms in total. The third-order valence-corrected chi connectivity index (χ3v) is 3.31. The second-order valence-corrected chi connectivity index (χ2v) is 5.18. The van der Waals surface area contributed by atoms with Gasteiger partial charge in [-0.2, -0.15) is 0 Å². The van der Waals surface area contributed by atoms with Gasteiger partial charge in [-0.25, -0.2) is 4.39 Å². The molecule has 2 rings (SSSR count). The van der Waals surface area contributed by atoms with Gasteiger partial charge in [0, 0.05) is 12.8 Å². The summed E-state index contributed by atoms with van der Waals surface area (Å²) < 4.78 is 18.2. The lowest BCUT2D eigenvalue weighted by Gasteiger charge is -2.05. The van der Waals surface area contributed by atoms with E-state index in [1.54, 1.807) is 24.4 Å². The molecule has 0 saturated carbocycles. The maximum Gasteiger partial charge on any atom is 0.206 e. The van der Waals surface area contributed by atoms with Crippen LogP contribution in [0.2, 0.25) is 0 Å². The molecule has 0 aliphatic rings. The molecule has 0 saturated heterocycles. The molecule has 1 heterocycles. The van der Waals surface area contributed by atoms with Crippen LogP contribution < -0.4 is 0 Å². The summed E-state index contributed by atoms with van der Waals surface area (Å²) in [5.41, 5.74) is 2.40. The first-order valence-electron chi connectivity index (χ1n) is 7.49. The minimum atomic E-state index is -0.245. The van der Waals surface area contributed by atoms with Crippen molar-refractivity contribution in [3.8, 4) is 0 Å². The lowest BCUT2D eigenvalue weighted by atomic mass is 10.1. The third kappa shape index (κ3) is 5.04. The van der Waals surface area contributed by atoms with Gasteiger partial charge in [-0.1, -0.05) is 31.5 Å². The molecule has 0 aliphatic heterocycles. The number of pyridine rings is 1. The number of halogens is 1. The van der Waals surface area contributed by atoms with Crippen LogP contribution in [-0.4, -0.2) is 24.0 Å². The second-order valence-electron chi connectivity index (χ2n) is 5.18. The van der Waals surface area contributed by atoms with Crippen molar-refractivity contribution in [2.24, 2.45) is 0 Å². The number of hydrogen-bond donors (Lipinski definition) is 0. The highest BCUT2D eigenvalue weighted by molar-refractivity contribution is 5.95. The second kappa shape index (κ2) is 8.39. The van der Waals surface area contributed by atoms with Gasteiger partial charge in [-0.05, 0) is 42.2 Å². The molecule has 1 aromatic heterocycles. The fourth-order valence-corrected chi connectivity index (χ4v) is 2.02. The molecule has 0 fully saturated rings. The van der Waals surface area contributed by atoms with Gasteiger partial charge in [0.2, 0.25) is 5.78 Å². The van der Waals surface area contributed by atoms with Crippen LogP contribution in [0, 0.1) is 5.82 Å². The van der Waals surface area contributed by atoms with Crippen molar-refractivity contribution in [1.82, 2.24) is 4.98 Å². The van der Waals surface area contributed by atoms with Crippen LogP contribution in [0.1, 0.15) is 41.4 Å². The van der Waals surface area contributed by atoms with Crippen LogP contribution in [-0.2, 0) is 11.2 Å². The van der Waals surface area contributed by atoms with Gasteiger partial charge in [-0.15, -0.1) is 0 Å². The van der Waals surface area contributed by atoms with Crippen molar-refractivity contribution >= 4 is 5.78 Å². The van der Waals surface area contributed by atoms with Gasteiger partial charge in [0.15, 0.2) is 0 Å². The zero-order valence-corrected chi connectivity index (χ0v) is 12.7. The molecule has 0 radical (unpaired) electrons.